The van der Waals surface area contributed by atoms with Crippen molar-refractivity contribution in [3.8, 4) is 0 Å². The van der Waals surface area contributed by atoms with Gasteiger partial charge < -0.3 is 9.88 Å². The number of benzene rings is 3. The minimum Gasteiger partial charge on any atom is -0.360 e. The highest BCUT2D eigenvalue weighted by Gasteiger charge is 2.22. The molecule has 170 valence electrons. The molecular weight excluding hydrogens is 430 g/mol. The van der Waals surface area contributed by atoms with E-state index in [9.17, 15) is 8.42 Å². The van der Waals surface area contributed by atoms with Crippen molar-refractivity contribution in [2.45, 2.75) is 22.8 Å². The molecule has 5 nitrogen and oxygen atoms in total. The van der Waals surface area contributed by atoms with Crippen LogP contribution < -0.4 is 0 Å². The number of hydrogen-bond donors (Lipinski definition) is 1. The second-order valence-corrected chi connectivity index (χ2v) is 10.6. The van der Waals surface area contributed by atoms with E-state index in [4.69, 9.17) is 0 Å². The molecule has 2 heterocycles. The van der Waals surface area contributed by atoms with Crippen molar-refractivity contribution in [3.05, 3.63) is 96.2 Å². The Hall–Kier alpha value is -2.93. The van der Waals surface area contributed by atoms with Crippen LogP contribution in [0.25, 0.3) is 10.9 Å². The summed E-state index contributed by atoms with van der Waals surface area (Å²) >= 11 is 0. The van der Waals surface area contributed by atoms with Gasteiger partial charge in [-0.15, -0.1) is 0 Å². The SMILES string of the molecule is O=S(=O)(c1ccccc1)c1c[nH]c2ccc(CCN3CCN(Cc4ccccc4)CC3)cc12. The molecule has 0 bridgehead atoms. The molecule has 0 aliphatic carbocycles. The van der Waals surface area contributed by atoms with Crippen molar-refractivity contribution in [2.75, 3.05) is 32.7 Å². The first kappa shape index (κ1) is 21.9. The van der Waals surface area contributed by atoms with Gasteiger partial charge in [0.2, 0.25) is 9.84 Å². The van der Waals surface area contributed by atoms with E-state index in [1.165, 1.54) is 11.1 Å². The minimum absolute atomic E-state index is 0.324. The molecule has 0 radical (unpaired) electrons. The molecule has 5 rings (SSSR count). The summed E-state index contributed by atoms with van der Waals surface area (Å²) in [6.45, 7) is 6.27. The molecule has 1 fully saturated rings. The van der Waals surface area contributed by atoms with Gasteiger partial charge in [0, 0.05) is 56.4 Å². The topological polar surface area (TPSA) is 56.4 Å². The van der Waals surface area contributed by atoms with Crippen LogP contribution in [0.4, 0.5) is 0 Å². The lowest BCUT2D eigenvalue weighted by atomic mass is 10.1. The fourth-order valence-electron chi connectivity index (χ4n) is 4.55. The summed E-state index contributed by atoms with van der Waals surface area (Å²) in [5.74, 6) is 0. The highest BCUT2D eigenvalue weighted by Crippen LogP contribution is 2.29. The Morgan fingerprint density at radius 3 is 2.15 bits per heavy atom. The van der Waals surface area contributed by atoms with Crippen LogP contribution >= 0.6 is 0 Å². The molecule has 4 aromatic rings. The van der Waals surface area contributed by atoms with E-state index >= 15 is 0 Å². The van der Waals surface area contributed by atoms with E-state index < -0.39 is 9.84 Å². The first-order chi connectivity index (χ1) is 16.1. The lowest BCUT2D eigenvalue weighted by molar-refractivity contribution is 0.128. The van der Waals surface area contributed by atoms with E-state index in [2.05, 4.69) is 51.2 Å². The van der Waals surface area contributed by atoms with Crippen molar-refractivity contribution in [3.63, 3.8) is 0 Å². The zero-order valence-electron chi connectivity index (χ0n) is 18.7. The fourth-order valence-corrected chi connectivity index (χ4v) is 5.99. The number of rotatable bonds is 7. The van der Waals surface area contributed by atoms with Gasteiger partial charge in [-0.05, 0) is 41.8 Å². The van der Waals surface area contributed by atoms with Gasteiger partial charge in [0.25, 0.3) is 0 Å². The van der Waals surface area contributed by atoms with Gasteiger partial charge in [-0.3, -0.25) is 4.90 Å². The second-order valence-electron chi connectivity index (χ2n) is 8.70. The summed E-state index contributed by atoms with van der Waals surface area (Å²) in [4.78, 5) is 8.81. The van der Waals surface area contributed by atoms with E-state index in [0.717, 1.165) is 56.6 Å². The number of nitrogens with zero attached hydrogens (tertiary/aromatic N) is 2. The summed E-state index contributed by atoms with van der Waals surface area (Å²) < 4.78 is 26.3. The van der Waals surface area contributed by atoms with Gasteiger partial charge >= 0.3 is 0 Å². The van der Waals surface area contributed by atoms with Gasteiger partial charge in [0.15, 0.2) is 0 Å². The number of nitrogens with one attached hydrogen (secondary N) is 1. The molecule has 0 spiro atoms. The van der Waals surface area contributed by atoms with Crippen LogP contribution in [0.5, 0.6) is 0 Å². The lowest BCUT2D eigenvalue weighted by Gasteiger charge is -2.34. The monoisotopic (exact) mass is 459 g/mol. The molecule has 3 aromatic carbocycles. The molecule has 33 heavy (non-hydrogen) atoms. The van der Waals surface area contributed by atoms with Gasteiger partial charge in [-0.2, -0.15) is 0 Å². The van der Waals surface area contributed by atoms with E-state index in [1.54, 1.807) is 30.5 Å². The average molecular weight is 460 g/mol. The molecule has 1 aromatic heterocycles. The third-order valence-corrected chi connectivity index (χ3v) is 8.29. The van der Waals surface area contributed by atoms with Gasteiger partial charge in [-0.1, -0.05) is 54.6 Å². The summed E-state index contributed by atoms with van der Waals surface area (Å²) in [5.41, 5.74) is 3.38. The van der Waals surface area contributed by atoms with Crippen LogP contribution in [0.15, 0.2) is 94.9 Å². The highest BCUT2D eigenvalue weighted by atomic mass is 32.2. The molecular formula is C27H29N3O2S. The van der Waals surface area contributed by atoms with Crippen LogP contribution in [0.1, 0.15) is 11.1 Å². The minimum atomic E-state index is -3.55. The number of piperazine rings is 1. The third-order valence-electron chi connectivity index (χ3n) is 6.48. The quantitative estimate of drug-likeness (QED) is 0.446. The van der Waals surface area contributed by atoms with Gasteiger partial charge in [-0.25, -0.2) is 8.42 Å². The van der Waals surface area contributed by atoms with Gasteiger partial charge in [0.05, 0.1) is 9.79 Å². The van der Waals surface area contributed by atoms with Crippen LogP contribution in [0, 0.1) is 0 Å². The number of fused-ring (bicyclic) bond motifs is 1. The van der Waals surface area contributed by atoms with Crippen molar-refractivity contribution >= 4 is 20.7 Å². The normalized spacial score (nSPS) is 15.8. The Bertz CT molecular complexity index is 1310. The Labute approximate surface area is 195 Å². The Balaban J connectivity index is 1.23. The number of aromatic nitrogens is 1. The summed E-state index contributed by atoms with van der Waals surface area (Å²) in [7, 11) is -3.55. The zero-order valence-corrected chi connectivity index (χ0v) is 19.5. The van der Waals surface area contributed by atoms with Crippen LogP contribution in [-0.4, -0.2) is 55.9 Å². The first-order valence-corrected chi connectivity index (χ1v) is 13.0. The standard InChI is InChI=1S/C27H29N3O2S/c31-33(32,24-9-5-2-6-10-24)27-20-28-26-12-11-22(19-25(26)27)13-14-29-15-17-30(18-16-29)21-23-7-3-1-4-8-23/h1-12,19-20,28H,13-18,21H2. The average Bonchev–Trinajstić information content (AvgIpc) is 3.29. The predicted octanol–water partition coefficient (Wildman–Crippen LogP) is 4.36. The first-order valence-electron chi connectivity index (χ1n) is 11.5. The molecule has 1 aliphatic heterocycles. The van der Waals surface area contributed by atoms with Crippen molar-refractivity contribution in [1.82, 2.24) is 14.8 Å². The molecule has 6 heteroatoms. The Morgan fingerprint density at radius 2 is 1.42 bits per heavy atom. The summed E-state index contributed by atoms with van der Waals surface area (Å²) in [6, 6.07) is 25.4. The molecule has 1 N–H and O–H groups in total. The van der Waals surface area contributed by atoms with Gasteiger partial charge in [0.1, 0.15) is 0 Å². The van der Waals surface area contributed by atoms with E-state index in [1.807, 2.05) is 18.2 Å². The molecule has 1 saturated heterocycles. The molecule has 0 unspecified atom stereocenters. The smallest absolute Gasteiger partial charge is 0.208 e. The van der Waals surface area contributed by atoms with Crippen LogP contribution in [0.2, 0.25) is 0 Å². The molecule has 0 amide bonds. The van der Waals surface area contributed by atoms with Crippen LogP contribution in [-0.2, 0) is 22.8 Å². The highest BCUT2D eigenvalue weighted by molar-refractivity contribution is 7.91. The second kappa shape index (κ2) is 9.51. The third kappa shape index (κ3) is 4.88. The Kier molecular flexibility index (Phi) is 6.31. The predicted molar refractivity (Wildman–Crippen MR) is 132 cm³/mol. The number of aromatic amines is 1. The molecule has 1 aliphatic rings. The maximum Gasteiger partial charge on any atom is 0.208 e. The maximum atomic E-state index is 13.2. The van der Waals surface area contributed by atoms with E-state index in [0.29, 0.717) is 9.79 Å². The Morgan fingerprint density at radius 1 is 0.758 bits per heavy atom. The number of hydrogen-bond acceptors (Lipinski definition) is 4. The lowest BCUT2D eigenvalue weighted by Crippen LogP contribution is -2.46. The van der Waals surface area contributed by atoms with Crippen molar-refractivity contribution < 1.29 is 8.42 Å². The van der Waals surface area contributed by atoms with Crippen LogP contribution in [0.3, 0.4) is 0 Å². The molecule has 0 atom stereocenters. The zero-order chi connectivity index (χ0) is 22.7. The number of sulfone groups is 1. The van der Waals surface area contributed by atoms with Crippen molar-refractivity contribution in [1.29, 1.82) is 0 Å². The summed E-state index contributed by atoms with van der Waals surface area (Å²) in [6.07, 6.45) is 2.52. The van der Waals surface area contributed by atoms with Crippen molar-refractivity contribution in [2.24, 2.45) is 0 Å². The maximum absolute atomic E-state index is 13.2. The van der Waals surface area contributed by atoms with E-state index in [-0.39, 0.29) is 0 Å². The molecule has 0 saturated carbocycles. The summed E-state index contributed by atoms with van der Waals surface area (Å²) in [5, 5.41) is 0.768. The largest absolute Gasteiger partial charge is 0.360 e. The fraction of sp³-hybridized carbons (Fsp3) is 0.259. The number of H-pyrrole nitrogens is 1.